The van der Waals surface area contributed by atoms with Gasteiger partial charge in [0.15, 0.2) is 11.5 Å². The Labute approximate surface area is 191 Å². The summed E-state index contributed by atoms with van der Waals surface area (Å²) in [6.07, 6.45) is 1.64. The van der Waals surface area contributed by atoms with E-state index in [0.717, 1.165) is 16.7 Å². The normalized spacial score (nSPS) is 11.0. The maximum atomic E-state index is 13.3. The smallest absolute Gasteiger partial charge is 0.227 e. The molecule has 0 bridgehead atoms. The van der Waals surface area contributed by atoms with Gasteiger partial charge in [0.1, 0.15) is 6.61 Å². The van der Waals surface area contributed by atoms with E-state index in [-0.39, 0.29) is 17.9 Å². The van der Waals surface area contributed by atoms with Crippen molar-refractivity contribution in [1.82, 2.24) is 4.90 Å². The van der Waals surface area contributed by atoms with Crippen molar-refractivity contribution in [2.45, 2.75) is 45.9 Å². The maximum absolute atomic E-state index is 13.3. The molecular formula is C28H31NO3. The third-order valence-corrected chi connectivity index (χ3v) is 5.11. The maximum Gasteiger partial charge on any atom is 0.227 e. The lowest BCUT2D eigenvalue weighted by atomic mass is 10.0. The van der Waals surface area contributed by atoms with Crippen LogP contribution in [0.4, 0.5) is 0 Å². The first-order chi connectivity index (χ1) is 15.4. The van der Waals surface area contributed by atoms with Crippen molar-refractivity contribution in [1.29, 1.82) is 0 Å². The van der Waals surface area contributed by atoms with Crippen LogP contribution >= 0.6 is 0 Å². The Morgan fingerprint density at radius 2 is 1.50 bits per heavy atom. The van der Waals surface area contributed by atoms with E-state index >= 15 is 0 Å². The first-order valence-corrected chi connectivity index (χ1v) is 10.8. The van der Waals surface area contributed by atoms with Crippen LogP contribution in [0.3, 0.4) is 0 Å². The average molecular weight is 430 g/mol. The van der Waals surface area contributed by atoms with Crippen LogP contribution in [0.2, 0.25) is 0 Å². The Morgan fingerprint density at radius 3 is 2.09 bits per heavy atom. The van der Waals surface area contributed by atoms with E-state index < -0.39 is 0 Å². The summed E-state index contributed by atoms with van der Waals surface area (Å²) in [5.41, 5.74) is 2.74. The average Bonchev–Trinajstić information content (AvgIpc) is 2.78. The third-order valence-electron chi connectivity index (χ3n) is 5.11. The van der Waals surface area contributed by atoms with Crippen LogP contribution in [0.25, 0.3) is 0 Å². The molecule has 0 unspecified atom stereocenters. The molecule has 3 rings (SSSR count). The molecule has 4 nitrogen and oxygen atoms in total. The Kier molecular flexibility index (Phi) is 7.72. The van der Waals surface area contributed by atoms with Gasteiger partial charge in [-0.25, -0.2) is 0 Å². The minimum Gasteiger partial charge on any atom is -0.485 e. The van der Waals surface area contributed by atoms with Crippen LogP contribution in [0.15, 0.2) is 91.7 Å². The topological polar surface area (TPSA) is 38.8 Å². The van der Waals surface area contributed by atoms with Crippen LogP contribution in [-0.4, -0.2) is 16.3 Å². The van der Waals surface area contributed by atoms with Gasteiger partial charge >= 0.3 is 0 Å². The number of rotatable bonds is 9. The highest BCUT2D eigenvalue weighted by atomic mass is 16.5. The lowest BCUT2D eigenvalue weighted by molar-refractivity contribution is -0.136. The van der Waals surface area contributed by atoms with Crippen molar-refractivity contribution in [3.63, 3.8) is 0 Å². The molecule has 0 fully saturated rings. The van der Waals surface area contributed by atoms with Crippen molar-refractivity contribution in [3.05, 3.63) is 108 Å². The lowest BCUT2D eigenvalue weighted by Crippen LogP contribution is -2.45. The van der Waals surface area contributed by atoms with Crippen LogP contribution in [0.1, 0.15) is 37.5 Å². The summed E-state index contributed by atoms with van der Waals surface area (Å²) in [4.78, 5) is 15.2. The molecule has 4 heteroatoms. The molecule has 0 spiro atoms. The third kappa shape index (κ3) is 6.48. The van der Waals surface area contributed by atoms with E-state index in [0.29, 0.717) is 24.7 Å². The SMILES string of the molecule is C=COc1cc(CC(=O)N(Cc2ccccc2)C(C)(C)C)ccc1OCc1ccccc1. The van der Waals surface area contributed by atoms with Gasteiger partial charge in [0.25, 0.3) is 0 Å². The molecule has 1 amide bonds. The van der Waals surface area contributed by atoms with Crippen LogP contribution in [0, 0.1) is 0 Å². The van der Waals surface area contributed by atoms with Crippen molar-refractivity contribution in [2.24, 2.45) is 0 Å². The Bertz CT molecular complexity index is 1020. The number of nitrogens with zero attached hydrogens (tertiary/aromatic N) is 1. The molecule has 32 heavy (non-hydrogen) atoms. The number of carbonyl (C=O) groups is 1. The second kappa shape index (κ2) is 10.7. The molecular weight excluding hydrogens is 398 g/mol. The molecule has 0 aromatic heterocycles. The van der Waals surface area contributed by atoms with Crippen molar-refractivity contribution >= 4 is 5.91 Å². The lowest BCUT2D eigenvalue weighted by Gasteiger charge is -2.36. The predicted octanol–water partition coefficient (Wildman–Crippen LogP) is 6.16. The minimum absolute atomic E-state index is 0.0591. The van der Waals surface area contributed by atoms with E-state index in [1.165, 1.54) is 6.26 Å². The number of carbonyl (C=O) groups excluding carboxylic acids is 1. The summed E-state index contributed by atoms with van der Waals surface area (Å²) in [6.45, 7) is 10.8. The summed E-state index contributed by atoms with van der Waals surface area (Å²) in [6, 6.07) is 25.6. The van der Waals surface area contributed by atoms with Crippen LogP contribution in [0.5, 0.6) is 11.5 Å². The van der Waals surface area contributed by atoms with Crippen molar-refractivity contribution < 1.29 is 14.3 Å². The molecule has 3 aromatic rings. The van der Waals surface area contributed by atoms with Gasteiger partial charge in [0.05, 0.1) is 12.7 Å². The van der Waals surface area contributed by atoms with Gasteiger partial charge < -0.3 is 14.4 Å². The zero-order valence-corrected chi connectivity index (χ0v) is 19.1. The predicted molar refractivity (Wildman–Crippen MR) is 128 cm³/mol. The van der Waals surface area contributed by atoms with Gasteiger partial charge in [0.2, 0.25) is 5.91 Å². The van der Waals surface area contributed by atoms with E-state index in [1.807, 2.05) is 83.8 Å². The van der Waals surface area contributed by atoms with Gasteiger partial charge in [-0.05, 0) is 49.6 Å². The number of hydrogen-bond acceptors (Lipinski definition) is 3. The zero-order chi connectivity index (χ0) is 23.0. The summed E-state index contributed by atoms with van der Waals surface area (Å²) in [7, 11) is 0. The fraction of sp³-hybridized carbons (Fsp3) is 0.250. The summed E-state index contributed by atoms with van der Waals surface area (Å²) < 4.78 is 11.5. The highest BCUT2D eigenvalue weighted by Gasteiger charge is 2.26. The van der Waals surface area contributed by atoms with Crippen molar-refractivity contribution in [3.8, 4) is 11.5 Å². The molecule has 0 aliphatic carbocycles. The Hall–Kier alpha value is -3.53. The molecule has 0 N–H and O–H groups in total. The van der Waals surface area contributed by atoms with Crippen LogP contribution < -0.4 is 9.47 Å². The van der Waals surface area contributed by atoms with E-state index in [9.17, 15) is 4.79 Å². The second-order valence-corrected chi connectivity index (χ2v) is 8.65. The summed E-state index contributed by atoms with van der Waals surface area (Å²) >= 11 is 0. The first-order valence-electron chi connectivity index (χ1n) is 10.8. The van der Waals surface area contributed by atoms with Gasteiger partial charge in [-0.15, -0.1) is 0 Å². The number of amides is 1. The molecule has 0 saturated heterocycles. The van der Waals surface area contributed by atoms with Gasteiger partial charge in [-0.2, -0.15) is 0 Å². The fourth-order valence-electron chi connectivity index (χ4n) is 3.43. The number of ether oxygens (including phenoxy) is 2. The van der Waals surface area contributed by atoms with E-state index in [1.54, 1.807) is 0 Å². The van der Waals surface area contributed by atoms with E-state index in [4.69, 9.17) is 9.47 Å². The number of benzene rings is 3. The summed E-state index contributed by atoms with van der Waals surface area (Å²) in [5.74, 6) is 1.22. The largest absolute Gasteiger partial charge is 0.485 e. The molecule has 0 saturated carbocycles. The quantitative estimate of drug-likeness (QED) is 0.383. The molecule has 3 aromatic carbocycles. The first kappa shape index (κ1) is 23.1. The van der Waals surface area contributed by atoms with Crippen molar-refractivity contribution in [2.75, 3.05) is 0 Å². The highest BCUT2D eigenvalue weighted by molar-refractivity contribution is 5.79. The Morgan fingerprint density at radius 1 is 0.875 bits per heavy atom. The fourth-order valence-corrected chi connectivity index (χ4v) is 3.43. The van der Waals surface area contributed by atoms with Crippen LogP contribution in [-0.2, 0) is 24.4 Å². The second-order valence-electron chi connectivity index (χ2n) is 8.65. The monoisotopic (exact) mass is 429 g/mol. The van der Waals surface area contributed by atoms with Gasteiger partial charge in [-0.3, -0.25) is 4.79 Å². The molecule has 0 heterocycles. The molecule has 0 aliphatic heterocycles. The Balaban J connectivity index is 1.75. The summed E-state index contributed by atoms with van der Waals surface area (Å²) in [5, 5.41) is 0. The molecule has 0 aliphatic rings. The molecule has 0 radical (unpaired) electrons. The van der Waals surface area contributed by atoms with Gasteiger partial charge in [-0.1, -0.05) is 73.3 Å². The minimum atomic E-state index is -0.299. The molecule has 166 valence electrons. The molecule has 0 atom stereocenters. The zero-order valence-electron chi connectivity index (χ0n) is 19.1. The van der Waals surface area contributed by atoms with Gasteiger partial charge in [0, 0.05) is 12.1 Å². The number of hydrogen-bond donors (Lipinski definition) is 0. The standard InChI is InChI=1S/C28H31NO3/c1-5-31-26-18-24(16-17-25(26)32-21-23-14-10-7-11-15-23)19-27(30)29(28(2,3)4)20-22-12-8-6-9-13-22/h5-18H,1,19-21H2,2-4H3. The van der Waals surface area contributed by atoms with E-state index in [2.05, 4.69) is 27.4 Å². The highest BCUT2D eigenvalue weighted by Crippen LogP contribution is 2.30.